The number of benzene rings is 2. The molecule has 1 atom stereocenters. The molecule has 1 unspecified atom stereocenters. The molecule has 9 nitrogen and oxygen atoms in total. The van der Waals surface area contributed by atoms with E-state index >= 15 is 0 Å². The number of esters is 1. The quantitative estimate of drug-likeness (QED) is 0.399. The van der Waals surface area contributed by atoms with Gasteiger partial charge in [-0.1, -0.05) is 39.8 Å². The number of sulfonamides is 1. The predicted octanol–water partition coefficient (Wildman–Crippen LogP) is 2.18. The second-order valence-corrected chi connectivity index (χ2v) is 9.56. The fourth-order valence-corrected chi connectivity index (χ4v) is 4.63. The van der Waals surface area contributed by atoms with Crippen molar-refractivity contribution in [1.29, 1.82) is 0 Å². The van der Waals surface area contributed by atoms with E-state index in [1.807, 2.05) is 0 Å². The molecule has 33 heavy (non-hydrogen) atoms. The highest BCUT2D eigenvalue weighted by Gasteiger charge is 2.28. The van der Waals surface area contributed by atoms with E-state index < -0.39 is 33.8 Å². The predicted molar refractivity (Wildman–Crippen MR) is 123 cm³/mol. The van der Waals surface area contributed by atoms with Crippen LogP contribution in [0.1, 0.15) is 48.4 Å². The van der Waals surface area contributed by atoms with Gasteiger partial charge in [-0.3, -0.25) is 9.59 Å². The number of primary amides is 1. The molecule has 0 radical (unpaired) electrons. The molecule has 2 aromatic carbocycles. The smallest absolute Gasteiger partial charge is 0.334 e. The minimum atomic E-state index is -3.75. The van der Waals surface area contributed by atoms with Crippen LogP contribution in [0.3, 0.4) is 0 Å². The molecule has 0 bridgehead atoms. The highest BCUT2D eigenvalue weighted by atomic mass is 32.2. The van der Waals surface area contributed by atoms with Crippen molar-refractivity contribution in [2.45, 2.75) is 38.6 Å². The monoisotopic (exact) mass is 475 g/mol. The Bertz CT molecular complexity index is 1130. The number of nitrogens with zero attached hydrogens (tertiary/aromatic N) is 1. The van der Waals surface area contributed by atoms with E-state index in [-0.39, 0.29) is 27.7 Å². The highest BCUT2D eigenvalue weighted by molar-refractivity contribution is 7.89. The summed E-state index contributed by atoms with van der Waals surface area (Å²) >= 11 is 0. The van der Waals surface area contributed by atoms with E-state index in [1.54, 1.807) is 27.7 Å². The van der Waals surface area contributed by atoms with E-state index in [2.05, 4.69) is 5.32 Å². The molecular formula is C23H29N3O6S. The van der Waals surface area contributed by atoms with E-state index in [4.69, 9.17) is 10.5 Å². The average molecular weight is 476 g/mol. The normalized spacial score (nSPS) is 12.4. The summed E-state index contributed by atoms with van der Waals surface area (Å²) in [4.78, 5) is 36.9. The number of hydrogen-bond donors (Lipinski definition) is 2. The minimum absolute atomic E-state index is 0.00853. The second kappa shape index (κ2) is 11.1. The van der Waals surface area contributed by atoms with E-state index in [0.29, 0.717) is 13.1 Å². The van der Waals surface area contributed by atoms with Crippen LogP contribution in [0.4, 0.5) is 0 Å². The van der Waals surface area contributed by atoms with Crippen molar-refractivity contribution in [3.8, 4) is 5.75 Å². The van der Waals surface area contributed by atoms with Crippen molar-refractivity contribution in [3.05, 3.63) is 59.7 Å². The Morgan fingerprint density at radius 3 is 2.18 bits per heavy atom. The lowest BCUT2D eigenvalue weighted by molar-refractivity contribution is -0.137. The number of hydrogen-bond acceptors (Lipinski definition) is 6. The van der Waals surface area contributed by atoms with Crippen molar-refractivity contribution in [1.82, 2.24) is 9.62 Å². The van der Waals surface area contributed by atoms with Crippen LogP contribution in [-0.2, 0) is 14.8 Å². The molecule has 0 aliphatic heterocycles. The Morgan fingerprint density at radius 1 is 1.00 bits per heavy atom. The summed E-state index contributed by atoms with van der Waals surface area (Å²) in [7, 11) is -3.75. The van der Waals surface area contributed by atoms with Crippen LogP contribution in [0, 0.1) is 5.92 Å². The van der Waals surface area contributed by atoms with Gasteiger partial charge in [0.2, 0.25) is 15.9 Å². The fraction of sp³-hybridized carbons (Fsp3) is 0.348. The summed E-state index contributed by atoms with van der Waals surface area (Å²) in [6.07, 6.45) is 0. The van der Waals surface area contributed by atoms with Crippen LogP contribution in [0.15, 0.2) is 53.4 Å². The summed E-state index contributed by atoms with van der Waals surface area (Å²) < 4.78 is 32.2. The van der Waals surface area contributed by atoms with Gasteiger partial charge < -0.3 is 15.8 Å². The molecule has 2 amide bonds. The molecule has 0 saturated heterocycles. The summed E-state index contributed by atoms with van der Waals surface area (Å²) in [6, 6.07) is 10.5. The van der Waals surface area contributed by atoms with Gasteiger partial charge in [0.05, 0.1) is 4.90 Å². The van der Waals surface area contributed by atoms with E-state index in [0.717, 1.165) is 0 Å². The summed E-state index contributed by atoms with van der Waals surface area (Å²) in [6.45, 7) is 7.52. The van der Waals surface area contributed by atoms with Crippen molar-refractivity contribution >= 4 is 27.8 Å². The van der Waals surface area contributed by atoms with Crippen molar-refractivity contribution < 1.29 is 27.5 Å². The Morgan fingerprint density at radius 2 is 1.61 bits per heavy atom. The Labute approximate surface area is 194 Å². The maximum atomic E-state index is 12.9. The SMILES string of the molecule is CCN(CC)S(=O)(=O)c1cccc(C(=O)NC(C(=O)Oc2cccc(C(N)=O)c2)C(C)C)c1. The van der Waals surface area contributed by atoms with Gasteiger partial charge in [-0.25, -0.2) is 13.2 Å². The van der Waals surface area contributed by atoms with Crippen molar-refractivity contribution in [2.75, 3.05) is 13.1 Å². The number of carbonyl (C=O) groups is 3. The molecular weight excluding hydrogens is 446 g/mol. The van der Waals surface area contributed by atoms with Gasteiger partial charge in [0, 0.05) is 24.2 Å². The van der Waals surface area contributed by atoms with Gasteiger partial charge in [0.1, 0.15) is 11.8 Å². The van der Waals surface area contributed by atoms with Crippen molar-refractivity contribution in [3.63, 3.8) is 0 Å². The zero-order valence-electron chi connectivity index (χ0n) is 19.1. The van der Waals surface area contributed by atoms with Crippen LogP contribution in [0.25, 0.3) is 0 Å². The van der Waals surface area contributed by atoms with E-state index in [1.165, 1.54) is 52.8 Å². The maximum absolute atomic E-state index is 12.9. The molecule has 178 valence electrons. The van der Waals surface area contributed by atoms with Gasteiger partial charge in [-0.2, -0.15) is 4.31 Å². The van der Waals surface area contributed by atoms with E-state index in [9.17, 15) is 22.8 Å². The Hall–Kier alpha value is -3.24. The number of amides is 2. The third kappa shape index (κ3) is 6.39. The molecule has 0 aliphatic carbocycles. The molecule has 0 aromatic heterocycles. The highest BCUT2D eigenvalue weighted by Crippen LogP contribution is 2.18. The van der Waals surface area contributed by atoms with Crippen molar-refractivity contribution in [2.24, 2.45) is 11.7 Å². The molecule has 2 rings (SSSR count). The summed E-state index contributed by atoms with van der Waals surface area (Å²) in [5.74, 6) is -2.23. The molecule has 0 spiro atoms. The number of nitrogens with two attached hydrogens (primary N) is 1. The van der Waals surface area contributed by atoms with Crippen LogP contribution in [0.5, 0.6) is 5.75 Å². The first-order valence-corrected chi connectivity index (χ1v) is 12.0. The van der Waals surface area contributed by atoms with Crippen LogP contribution < -0.4 is 15.8 Å². The Kier molecular flexibility index (Phi) is 8.72. The zero-order chi connectivity index (χ0) is 24.8. The first kappa shape index (κ1) is 26.0. The first-order valence-electron chi connectivity index (χ1n) is 10.5. The summed E-state index contributed by atoms with van der Waals surface area (Å²) in [5.41, 5.74) is 5.52. The summed E-state index contributed by atoms with van der Waals surface area (Å²) in [5, 5.41) is 2.61. The molecule has 0 saturated carbocycles. The lowest BCUT2D eigenvalue weighted by atomic mass is 10.0. The van der Waals surface area contributed by atoms with Gasteiger partial charge in [-0.15, -0.1) is 0 Å². The number of carbonyl (C=O) groups excluding carboxylic acids is 3. The largest absolute Gasteiger partial charge is 0.425 e. The van der Waals surface area contributed by atoms with Gasteiger partial charge in [0.15, 0.2) is 0 Å². The zero-order valence-corrected chi connectivity index (χ0v) is 19.9. The number of ether oxygens (including phenoxy) is 1. The Balaban J connectivity index is 2.23. The van der Waals surface area contributed by atoms with Gasteiger partial charge in [0.25, 0.3) is 5.91 Å². The lowest BCUT2D eigenvalue weighted by Gasteiger charge is -2.21. The third-order valence-corrected chi connectivity index (χ3v) is 7.03. The number of nitrogens with one attached hydrogen (secondary N) is 1. The molecule has 0 aliphatic rings. The molecule has 0 heterocycles. The maximum Gasteiger partial charge on any atom is 0.334 e. The lowest BCUT2D eigenvalue weighted by Crippen LogP contribution is -2.46. The first-order chi connectivity index (χ1) is 15.5. The third-order valence-electron chi connectivity index (χ3n) is 4.98. The molecule has 3 N–H and O–H groups in total. The average Bonchev–Trinajstić information content (AvgIpc) is 2.77. The van der Waals surface area contributed by atoms with Crippen LogP contribution in [0.2, 0.25) is 0 Å². The molecule has 0 fully saturated rings. The second-order valence-electron chi connectivity index (χ2n) is 7.63. The minimum Gasteiger partial charge on any atom is -0.425 e. The van der Waals surface area contributed by atoms with Crippen LogP contribution >= 0.6 is 0 Å². The fourth-order valence-electron chi connectivity index (χ4n) is 3.13. The number of rotatable bonds is 10. The van der Waals surface area contributed by atoms with Crippen LogP contribution in [-0.4, -0.2) is 49.6 Å². The standard InChI is InChI=1S/C23H29N3O6S/c1-5-26(6-2)33(30,31)19-12-8-10-17(14-19)22(28)25-20(15(3)4)23(29)32-18-11-7-9-16(13-18)21(24)27/h7-15,20H,5-6H2,1-4H3,(H2,24,27)(H,25,28). The molecule has 10 heteroatoms. The van der Waals surface area contributed by atoms with Gasteiger partial charge >= 0.3 is 5.97 Å². The topological polar surface area (TPSA) is 136 Å². The van der Waals surface area contributed by atoms with Gasteiger partial charge in [-0.05, 0) is 42.3 Å². The molecule has 2 aromatic rings.